The molecule has 1 heterocycles. The SMILES string of the molecule is O=C1NC(=S)N(c2ccc(Oc3ccccc3)cc2)C(=O)/C1=C/c1ccc(Oc2cccc(Br)c2)c([N+](=O)[O-])c1. The van der Waals surface area contributed by atoms with E-state index in [9.17, 15) is 19.7 Å². The molecule has 1 aliphatic heterocycles. The number of benzene rings is 4. The van der Waals surface area contributed by atoms with Crippen molar-refractivity contribution in [1.82, 2.24) is 5.32 Å². The second-order valence-electron chi connectivity index (χ2n) is 8.41. The molecule has 40 heavy (non-hydrogen) atoms. The van der Waals surface area contributed by atoms with Gasteiger partial charge in [0.1, 0.15) is 22.8 Å². The molecule has 198 valence electrons. The van der Waals surface area contributed by atoms with Crippen molar-refractivity contribution in [2.24, 2.45) is 0 Å². The van der Waals surface area contributed by atoms with Crippen LogP contribution in [0, 0.1) is 10.1 Å². The third-order valence-corrected chi connectivity index (χ3v) is 6.47. The van der Waals surface area contributed by atoms with Gasteiger partial charge < -0.3 is 9.47 Å². The second-order valence-corrected chi connectivity index (χ2v) is 9.71. The van der Waals surface area contributed by atoms with E-state index in [1.165, 1.54) is 29.2 Å². The number of carbonyl (C=O) groups excluding carboxylic acids is 2. The van der Waals surface area contributed by atoms with Crippen molar-refractivity contribution in [2.45, 2.75) is 0 Å². The smallest absolute Gasteiger partial charge is 0.312 e. The van der Waals surface area contributed by atoms with Gasteiger partial charge in [0, 0.05) is 10.5 Å². The maximum Gasteiger partial charge on any atom is 0.312 e. The van der Waals surface area contributed by atoms with E-state index in [0.717, 1.165) is 4.47 Å². The fourth-order valence-corrected chi connectivity index (χ4v) is 4.52. The number of anilines is 1. The topological polar surface area (TPSA) is 111 Å². The number of nitro groups is 1. The van der Waals surface area contributed by atoms with Crippen LogP contribution < -0.4 is 19.7 Å². The van der Waals surface area contributed by atoms with Gasteiger partial charge in [0.05, 0.1) is 10.6 Å². The largest absolute Gasteiger partial charge is 0.457 e. The molecule has 0 unspecified atom stereocenters. The predicted octanol–water partition coefficient (Wildman–Crippen LogP) is 6.77. The van der Waals surface area contributed by atoms with Gasteiger partial charge in [-0.2, -0.15) is 0 Å². The summed E-state index contributed by atoms with van der Waals surface area (Å²) in [5.74, 6) is 0.206. The lowest BCUT2D eigenvalue weighted by Crippen LogP contribution is -2.54. The molecule has 2 amide bonds. The van der Waals surface area contributed by atoms with Crippen LogP contribution in [0.25, 0.3) is 6.08 Å². The number of nitrogens with one attached hydrogen (secondary N) is 1. The standard InChI is InChI=1S/C29H18BrN3O6S/c30-19-5-4-8-23(17-19)39-26-14-9-18(16-25(26)33(36)37)15-24-27(34)31-29(40)32(28(24)35)20-10-12-22(13-11-20)38-21-6-2-1-3-7-21/h1-17H,(H,31,34,40)/b24-15+. The van der Waals surface area contributed by atoms with Crippen LogP contribution in [0.5, 0.6) is 23.0 Å². The summed E-state index contributed by atoms with van der Waals surface area (Å²) in [5.41, 5.74) is 0.0868. The molecule has 0 radical (unpaired) electrons. The molecule has 0 aliphatic carbocycles. The van der Waals surface area contributed by atoms with Crippen LogP contribution in [-0.4, -0.2) is 21.9 Å². The summed E-state index contributed by atoms with van der Waals surface area (Å²) in [5, 5.41) is 14.2. The van der Waals surface area contributed by atoms with Crippen molar-refractivity contribution in [3.63, 3.8) is 0 Å². The average Bonchev–Trinajstić information content (AvgIpc) is 2.93. The summed E-state index contributed by atoms with van der Waals surface area (Å²) in [4.78, 5) is 38.5. The molecule has 0 bridgehead atoms. The van der Waals surface area contributed by atoms with Crippen LogP contribution in [0.2, 0.25) is 0 Å². The van der Waals surface area contributed by atoms with Crippen LogP contribution in [0.1, 0.15) is 5.56 Å². The Bertz CT molecular complexity index is 1680. The third kappa shape index (κ3) is 5.90. The van der Waals surface area contributed by atoms with Gasteiger partial charge in [0.25, 0.3) is 11.8 Å². The minimum Gasteiger partial charge on any atom is -0.457 e. The first-order valence-corrected chi connectivity index (χ1v) is 12.9. The number of rotatable bonds is 7. The zero-order valence-corrected chi connectivity index (χ0v) is 22.8. The number of para-hydroxylation sites is 1. The first kappa shape index (κ1) is 26.7. The van der Waals surface area contributed by atoms with Crippen LogP contribution >= 0.6 is 28.1 Å². The van der Waals surface area contributed by atoms with Crippen molar-refractivity contribution < 1.29 is 24.0 Å². The van der Waals surface area contributed by atoms with Crippen molar-refractivity contribution in [2.75, 3.05) is 4.90 Å². The highest BCUT2D eigenvalue weighted by molar-refractivity contribution is 9.10. The van der Waals surface area contributed by atoms with Crippen molar-refractivity contribution in [3.8, 4) is 23.0 Å². The van der Waals surface area contributed by atoms with Crippen LogP contribution in [0.3, 0.4) is 0 Å². The Morgan fingerprint density at radius 3 is 2.25 bits per heavy atom. The summed E-state index contributed by atoms with van der Waals surface area (Å²) in [6.07, 6.45) is 1.27. The van der Waals surface area contributed by atoms with Gasteiger partial charge in [0.2, 0.25) is 5.75 Å². The lowest BCUT2D eigenvalue weighted by Gasteiger charge is -2.29. The molecule has 0 saturated carbocycles. The molecule has 1 saturated heterocycles. The number of nitro benzene ring substituents is 1. The molecule has 1 fully saturated rings. The van der Waals surface area contributed by atoms with Gasteiger partial charge in [0.15, 0.2) is 5.11 Å². The average molecular weight is 616 g/mol. The third-order valence-electron chi connectivity index (χ3n) is 5.69. The monoisotopic (exact) mass is 615 g/mol. The second kappa shape index (κ2) is 11.5. The Morgan fingerprint density at radius 1 is 0.850 bits per heavy atom. The first-order valence-electron chi connectivity index (χ1n) is 11.7. The number of hydrogen-bond donors (Lipinski definition) is 1. The van der Waals surface area contributed by atoms with Gasteiger partial charge in [-0.25, -0.2) is 0 Å². The number of thiocarbonyl (C=S) groups is 1. The fourth-order valence-electron chi connectivity index (χ4n) is 3.86. The Labute approximate surface area is 241 Å². The Morgan fingerprint density at radius 2 is 1.55 bits per heavy atom. The normalized spacial score (nSPS) is 14.2. The highest BCUT2D eigenvalue weighted by Gasteiger charge is 2.34. The highest BCUT2D eigenvalue weighted by atomic mass is 79.9. The molecule has 11 heteroatoms. The minimum absolute atomic E-state index is 0.00490. The molecule has 4 aromatic carbocycles. The van der Waals surface area contributed by atoms with E-state index in [4.69, 9.17) is 21.7 Å². The van der Waals surface area contributed by atoms with E-state index >= 15 is 0 Å². The Balaban J connectivity index is 1.41. The molecule has 0 aromatic heterocycles. The quantitative estimate of drug-likeness (QED) is 0.0802. The van der Waals surface area contributed by atoms with E-state index < -0.39 is 16.7 Å². The molecule has 1 aliphatic rings. The molecule has 9 nitrogen and oxygen atoms in total. The zero-order chi connectivity index (χ0) is 28.2. The number of carbonyl (C=O) groups is 2. The van der Waals surface area contributed by atoms with Crippen molar-refractivity contribution >= 4 is 62.5 Å². The maximum atomic E-state index is 13.4. The number of halogens is 1. The molecule has 4 aromatic rings. The van der Waals surface area contributed by atoms with Gasteiger partial charge in [-0.3, -0.25) is 29.9 Å². The lowest BCUT2D eigenvalue weighted by molar-refractivity contribution is -0.385. The molecule has 1 N–H and O–H groups in total. The number of nitrogens with zero attached hydrogens (tertiary/aromatic N) is 2. The Hall–Kier alpha value is -4.87. The molecular weight excluding hydrogens is 598 g/mol. The van der Waals surface area contributed by atoms with Crippen LogP contribution in [0.15, 0.2) is 107 Å². The van der Waals surface area contributed by atoms with E-state index in [1.807, 2.05) is 30.3 Å². The predicted molar refractivity (Wildman–Crippen MR) is 156 cm³/mol. The summed E-state index contributed by atoms with van der Waals surface area (Å²) in [6.45, 7) is 0. The zero-order valence-electron chi connectivity index (χ0n) is 20.4. The maximum absolute atomic E-state index is 13.4. The lowest BCUT2D eigenvalue weighted by atomic mass is 10.1. The summed E-state index contributed by atoms with van der Waals surface area (Å²) in [7, 11) is 0. The number of ether oxygens (including phenoxy) is 2. The van der Waals surface area contributed by atoms with Crippen molar-refractivity contribution in [1.29, 1.82) is 0 Å². The van der Waals surface area contributed by atoms with E-state index in [-0.39, 0.29) is 27.7 Å². The van der Waals surface area contributed by atoms with Gasteiger partial charge in [-0.1, -0.05) is 46.3 Å². The van der Waals surface area contributed by atoms with Gasteiger partial charge in [-0.05, 0) is 84.5 Å². The number of hydrogen-bond acceptors (Lipinski definition) is 7. The molecule has 5 rings (SSSR count). The summed E-state index contributed by atoms with van der Waals surface area (Å²) in [6, 6.07) is 26.8. The number of amides is 2. The van der Waals surface area contributed by atoms with Crippen LogP contribution in [-0.2, 0) is 9.59 Å². The van der Waals surface area contributed by atoms with E-state index in [2.05, 4.69) is 21.2 Å². The fraction of sp³-hybridized carbons (Fsp3) is 0. The molecular formula is C29H18BrN3O6S. The van der Waals surface area contributed by atoms with Gasteiger partial charge >= 0.3 is 5.69 Å². The van der Waals surface area contributed by atoms with Crippen molar-refractivity contribution in [3.05, 3.63) is 123 Å². The molecule has 0 spiro atoms. The first-order chi connectivity index (χ1) is 19.3. The highest BCUT2D eigenvalue weighted by Crippen LogP contribution is 2.34. The van der Waals surface area contributed by atoms with Crippen LogP contribution in [0.4, 0.5) is 11.4 Å². The summed E-state index contributed by atoms with van der Waals surface area (Å²) < 4.78 is 12.2. The molecule has 0 atom stereocenters. The van der Waals surface area contributed by atoms with E-state index in [0.29, 0.717) is 22.9 Å². The van der Waals surface area contributed by atoms with Gasteiger partial charge in [-0.15, -0.1) is 0 Å². The minimum atomic E-state index is -0.715. The van der Waals surface area contributed by atoms with E-state index in [1.54, 1.807) is 48.5 Å². The summed E-state index contributed by atoms with van der Waals surface area (Å²) >= 11 is 8.60. The Kier molecular flexibility index (Phi) is 7.67.